The van der Waals surface area contributed by atoms with E-state index in [1.807, 2.05) is 18.2 Å². The Hall–Kier alpha value is -4.87. The fraction of sp³-hybridized carbons (Fsp3) is 0.500. The fourth-order valence-electron chi connectivity index (χ4n) is 7.65. The molecule has 50 heavy (non-hydrogen) atoms. The summed E-state index contributed by atoms with van der Waals surface area (Å²) in [7, 11) is 0. The molecule has 4 N–H and O–H groups in total. The number of phenols is 1. The summed E-state index contributed by atoms with van der Waals surface area (Å²) in [6.45, 7) is 5.89. The van der Waals surface area contributed by atoms with Crippen molar-refractivity contribution >= 4 is 29.8 Å². The maximum atomic E-state index is 14.3. The molecule has 3 aliphatic heterocycles. The number of carboxylic acid groups (broad SMARTS) is 1. The topological polar surface area (TPSA) is 166 Å². The molecule has 3 fully saturated rings. The van der Waals surface area contributed by atoms with Gasteiger partial charge in [-0.1, -0.05) is 49.3 Å². The van der Waals surface area contributed by atoms with Crippen LogP contribution in [0.1, 0.15) is 69.7 Å². The van der Waals surface area contributed by atoms with E-state index in [9.17, 15) is 34.2 Å². The molecule has 6 rings (SSSR count). The highest BCUT2D eigenvalue weighted by atomic mass is 16.6. The van der Waals surface area contributed by atoms with Crippen LogP contribution in [0.4, 0.5) is 4.79 Å². The number of nitrogens with one attached hydrogen (secondary N) is 2. The number of aromatic hydroxyl groups is 1. The number of alkyl carbamates (subject to hydrolysis) is 1. The maximum Gasteiger partial charge on any atom is 0.408 e. The third kappa shape index (κ3) is 7.34. The van der Waals surface area contributed by atoms with Crippen molar-refractivity contribution in [2.75, 3.05) is 19.6 Å². The molecule has 12 heteroatoms. The van der Waals surface area contributed by atoms with Gasteiger partial charge in [-0.15, -0.1) is 0 Å². The van der Waals surface area contributed by atoms with Crippen LogP contribution in [0.25, 0.3) is 11.1 Å². The number of aliphatic carboxylic acids is 1. The molecule has 1 saturated carbocycles. The van der Waals surface area contributed by atoms with Crippen LogP contribution in [-0.2, 0) is 19.1 Å². The molecule has 0 aromatic heterocycles. The molecule has 2 saturated heterocycles. The average Bonchev–Trinajstić information content (AvgIpc) is 3.41. The number of phenolic OH excluding ortho intramolecular Hbond substituents is 1. The first-order valence-corrected chi connectivity index (χ1v) is 17.5. The van der Waals surface area contributed by atoms with Crippen LogP contribution in [-0.4, -0.2) is 92.7 Å². The van der Waals surface area contributed by atoms with E-state index in [0.29, 0.717) is 24.9 Å². The number of amides is 4. The number of carboxylic acids is 1. The third-order valence-electron chi connectivity index (χ3n) is 10.3. The van der Waals surface area contributed by atoms with Gasteiger partial charge < -0.3 is 35.4 Å². The van der Waals surface area contributed by atoms with Crippen molar-refractivity contribution in [3.05, 3.63) is 66.2 Å². The van der Waals surface area contributed by atoms with E-state index >= 15 is 0 Å². The summed E-state index contributed by atoms with van der Waals surface area (Å²) in [6, 6.07) is 11.9. The second-order valence-electron chi connectivity index (χ2n) is 15.0. The molecule has 4 amide bonds. The van der Waals surface area contributed by atoms with Crippen molar-refractivity contribution in [3.63, 3.8) is 0 Å². The lowest BCUT2D eigenvalue weighted by Crippen LogP contribution is -2.58. The first-order chi connectivity index (χ1) is 23.8. The number of carbonyl (C=O) groups is 5. The maximum absolute atomic E-state index is 14.3. The number of benzene rings is 2. The highest BCUT2D eigenvalue weighted by Gasteiger charge is 2.62. The van der Waals surface area contributed by atoms with E-state index in [4.69, 9.17) is 4.74 Å². The number of hydrogen-bond acceptors (Lipinski definition) is 7. The van der Waals surface area contributed by atoms with Crippen LogP contribution >= 0.6 is 0 Å². The Morgan fingerprint density at radius 1 is 0.980 bits per heavy atom. The summed E-state index contributed by atoms with van der Waals surface area (Å²) in [5, 5.41) is 25.5. The molecule has 3 heterocycles. The van der Waals surface area contributed by atoms with Crippen LogP contribution in [0.2, 0.25) is 0 Å². The highest BCUT2D eigenvalue weighted by Crippen LogP contribution is 2.46. The second-order valence-corrected chi connectivity index (χ2v) is 15.0. The Morgan fingerprint density at radius 2 is 1.74 bits per heavy atom. The van der Waals surface area contributed by atoms with Crippen LogP contribution in [0.15, 0.2) is 60.7 Å². The molecule has 0 unspecified atom stereocenters. The van der Waals surface area contributed by atoms with Crippen LogP contribution in [0, 0.1) is 17.8 Å². The second kappa shape index (κ2) is 13.8. The third-order valence-corrected chi connectivity index (χ3v) is 10.3. The zero-order chi connectivity index (χ0) is 35.8. The van der Waals surface area contributed by atoms with Gasteiger partial charge in [0, 0.05) is 43.0 Å². The minimum absolute atomic E-state index is 0.143. The minimum atomic E-state index is -1.46. The van der Waals surface area contributed by atoms with Crippen molar-refractivity contribution in [1.82, 2.24) is 20.4 Å². The van der Waals surface area contributed by atoms with Crippen LogP contribution in [0.3, 0.4) is 0 Å². The Morgan fingerprint density at radius 3 is 2.46 bits per heavy atom. The Labute approximate surface area is 291 Å². The molecule has 12 nitrogen and oxygen atoms in total. The van der Waals surface area contributed by atoms with Gasteiger partial charge in [0.1, 0.15) is 29.0 Å². The lowest BCUT2D eigenvalue weighted by atomic mass is 9.93. The summed E-state index contributed by atoms with van der Waals surface area (Å²) in [5.41, 5.74) is -0.125. The lowest BCUT2D eigenvalue weighted by Gasteiger charge is -2.33. The van der Waals surface area contributed by atoms with Gasteiger partial charge in [-0.3, -0.25) is 14.4 Å². The summed E-state index contributed by atoms with van der Waals surface area (Å²) in [6.07, 6.45) is 6.73. The number of hydrogen-bond donors (Lipinski definition) is 4. The molecular weight excluding hydrogens is 640 g/mol. The monoisotopic (exact) mass is 686 g/mol. The predicted octanol–water partition coefficient (Wildman–Crippen LogP) is 4.33. The van der Waals surface area contributed by atoms with E-state index in [-0.39, 0.29) is 43.0 Å². The van der Waals surface area contributed by atoms with Gasteiger partial charge in [0.05, 0.1) is 0 Å². The summed E-state index contributed by atoms with van der Waals surface area (Å²) in [4.78, 5) is 71.0. The van der Waals surface area contributed by atoms with Crippen molar-refractivity contribution in [2.24, 2.45) is 17.8 Å². The number of fused-ring (bicyclic) bond motifs is 4. The Balaban J connectivity index is 1.27. The molecule has 6 atom stereocenters. The van der Waals surface area contributed by atoms with Crippen LogP contribution < -0.4 is 10.6 Å². The number of carbonyl (C=O) groups excluding carboxylic acids is 4. The van der Waals surface area contributed by atoms with E-state index < -0.39 is 53.0 Å². The summed E-state index contributed by atoms with van der Waals surface area (Å²) in [5.74, 6) is -3.24. The van der Waals surface area contributed by atoms with Crippen molar-refractivity contribution < 1.29 is 38.9 Å². The molecule has 266 valence electrons. The zero-order valence-corrected chi connectivity index (χ0v) is 28.8. The van der Waals surface area contributed by atoms with E-state index in [2.05, 4.69) is 10.6 Å². The standard InChI is InChI=1S/C38H46N4O8/c1-37(2,3)50-36(49)39-30-13-8-6-4-5-7-12-27-19-38(27,35(47)48)40-32(44)31-29-22-41(20-26(29)21-42(31)34(30)46)33(45)25-11-9-10-24(18-25)23-14-16-28(43)17-15-23/h7,9-12,14-18,26-27,29-31,43H,4-6,8,13,19-22H2,1-3H3,(H,39,49)(H,40,44)(H,47,48)/b12-7-/t26-,27-,29-,30+,31-,38+/m0/s1. The normalized spacial score (nSPS) is 29.0. The van der Waals surface area contributed by atoms with Gasteiger partial charge >= 0.3 is 12.1 Å². The lowest BCUT2D eigenvalue weighted by molar-refractivity contribution is -0.146. The SMILES string of the molecule is CC(C)(C)OC(=O)N[C@@H]1CCCCC/C=C\[C@H]2C[C@@]2(C(=O)O)NC(=O)[C@@H]2[C@H]3CN(C(=O)c4cccc(-c5ccc(O)cc5)c4)C[C@H]3CN2C1=O. The van der Waals surface area contributed by atoms with Crippen molar-refractivity contribution in [1.29, 1.82) is 0 Å². The van der Waals surface area contributed by atoms with E-state index in [0.717, 1.165) is 30.4 Å². The fourth-order valence-corrected chi connectivity index (χ4v) is 7.65. The quantitative estimate of drug-likeness (QED) is 0.345. The summed E-state index contributed by atoms with van der Waals surface area (Å²) < 4.78 is 5.48. The predicted molar refractivity (Wildman–Crippen MR) is 184 cm³/mol. The zero-order valence-electron chi connectivity index (χ0n) is 28.8. The molecule has 0 bridgehead atoms. The van der Waals surface area contributed by atoms with E-state index in [1.165, 1.54) is 4.90 Å². The smallest absolute Gasteiger partial charge is 0.408 e. The van der Waals surface area contributed by atoms with Gasteiger partial charge in [0.15, 0.2) is 0 Å². The minimum Gasteiger partial charge on any atom is -0.508 e. The number of ether oxygens (including phenoxy) is 1. The van der Waals surface area contributed by atoms with Gasteiger partial charge in [-0.25, -0.2) is 9.59 Å². The molecule has 2 aromatic rings. The first kappa shape index (κ1) is 35.0. The highest BCUT2D eigenvalue weighted by molar-refractivity contribution is 5.98. The molecule has 4 aliphatic rings. The van der Waals surface area contributed by atoms with Gasteiger partial charge in [-0.05, 0) is 81.8 Å². The Kier molecular flexibility index (Phi) is 9.65. The summed E-state index contributed by atoms with van der Waals surface area (Å²) >= 11 is 0. The van der Waals surface area contributed by atoms with Gasteiger partial charge in [0.25, 0.3) is 5.91 Å². The number of rotatable bonds is 4. The van der Waals surface area contributed by atoms with Crippen molar-refractivity contribution in [3.8, 4) is 16.9 Å². The van der Waals surface area contributed by atoms with Gasteiger partial charge in [0.2, 0.25) is 11.8 Å². The van der Waals surface area contributed by atoms with Crippen LogP contribution in [0.5, 0.6) is 5.75 Å². The average molecular weight is 687 g/mol. The van der Waals surface area contributed by atoms with Gasteiger partial charge in [-0.2, -0.15) is 0 Å². The molecular formula is C38H46N4O8. The number of likely N-dealkylation sites (tertiary alicyclic amines) is 1. The largest absolute Gasteiger partial charge is 0.508 e. The Bertz CT molecular complexity index is 1680. The number of nitrogens with zero attached hydrogens (tertiary/aromatic N) is 2. The molecule has 0 radical (unpaired) electrons. The van der Waals surface area contributed by atoms with E-state index in [1.54, 1.807) is 68.1 Å². The number of allylic oxidation sites excluding steroid dienone is 1. The first-order valence-electron chi connectivity index (χ1n) is 17.5. The molecule has 1 aliphatic carbocycles. The van der Waals surface area contributed by atoms with Crippen molar-refractivity contribution in [2.45, 2.75) is 82.5 Å². The molecule has 2 aromatic carbocycles. The molecule has 0 spiro atoms.